The molecule has 0 N–H and O–H groups in total. The summed E-state index contributed by atoms with van der Waals surface area (Å²) in [5, 5.41) is 0. The number of rotatable bonds is 2. The summed E-state index contributed by atoms with van der Waals surface area (Å²) in [7, 11) is 1.36. The van der Waals surface area contributed by atoms with Crippen molar-refractivity contribution in [2.24, 2.45) is 0 Å². The van der Waals surface area contributed by atoms with Gasteiger partial charge >= 0.3 is 0 Å². The number of amides is 2. The molecule has 0 fully saturated rings. The molecule has 104 valence electrons. The molecule has 2 amide bonds. The summed E-state index contributed by atoms with van der Waals surface area (Å²) in [6, 6.07) is 2.90. The summed E-state index contributed by atoms with van der Waals surface area (Å²) in [6.45, 7) is 0. The Bertz CT molecular complexity index is 755. The Morgan fingerprint density at radius 1 is 0.857 bits per heavy atom. The summed E-state index contributed by atoms with van der Waals surface area (Å²) < 4.78 is 5.14. The first-order chi connectivity index (χ1) is 10.0. The number of ketones is 2. The lowest BCUT2D eigenvalue weighted by Gasteiger charge is -2.22. The monoisotopic (exact) mass is 283 g/mol. The lowest BCUT2D eigenvalue weighted by molar-refractivity contribution is -0.120. The van der Waals surface area contributed by atoms with Gasteiger partial charge in [0.1, 0.15) is 11.4 Å². The van der Waals surface area contributed by atoms with Crippen LogP contribution >= 0.6 is 0 Å². The molecular weight excluding hydrogens is 274 g/mol. The van der Waals surface area contributed by atoms with E-state index in [1.54, 1.807) is 0 Å². The first kappa shape index (κ1) is 13.0. The Balaban J connectivity index is 2.32. The molecule has 21 heavy (non-hydrogen) atoms. The van der Waals surface area contributed by atoms with Gasteiger partial charge in [-0.15, -0.1) is 0 Å². The zero-order valence-electron chi connectivity index (χ0n) is 11.0. The maximum absolute atomic E-state index is 12.1. The Morgan fingerprint density at radius 3 is 2.10 bits per heavy atom. The van der Waals surface area contributed by atoms with Crippen molar-refractivity contribution >= 4 is 29.1 Å². The second-order valence-corrected chi connectivity index (χ2v) is 4.45. The van der Waals surface area contributed by atoms with Crippen molar-refractivity contribution in [1.82, 2.24) is 0 Å². The van der Waals surface area contributed by atoms with Crippen LogP contribution in [0.4, 0.5) is 5.69 Å². The van der Waals surface area contributed by atoms with E-state index in [9.17, 15) is 19.2 Å². The molecule has 1 heterocycles. The first-order valence-electron chi connectivity index (χ1n) is 6.08. The van der Waals surface area contributed by atoms with Gasteiger partial charge < -0.3 is 4.74 Å². The second kappa shape index (κ2) is 4.52. The van der Waals surface area contributed by atoms with Gasteiger partial charge in [0.15, 0.2) is 11.6 Å². The van der Waals surface area contributed by atoms with Crippen LogP contribution in [0, 0.1) is 0 Å². The molecular formula is C15H9NO5. The van der Waals surface area contributed by atoms with Gasteiger partial charge in [0.05, 0.1) is 12.7 Å². The van der Waals surface area contributed by atoms with E-state index in [0.29, 0.717) is 0 Å². The fourth-order valence-electron chi connectivity index (χ4n) is 2.36. The predicted octanol–water partition coefficient (Wildman–Crippen LogP) is 1.06. The van der Waals surface area contributed by atoms with Crippen LogP contribution in [-0.2, 0) is 9.59 Å². The summed E-state index contributed by atoms with van der Waals surface area (Å²) in [5.74, 6) is -1.80. The molecule has 3 rings (SSSR count). The van der Waals surface area contributed by atoms with Gasteiger partial charge in [-0.1, -0.05) is 0 Å². The molecule has 0 saturated carbocycles. The summed E-state index contributed by atoms with van der Waals surface area (Å²) in [5.41, 5.74) is 0.163. The highest BCUT2D eigenvalue weighted by molar-refractivity contribution is 6.33. The number of fused-ring (bicyclic) bond motifs is 1. The third kappa shape index (κ3) is 1.80. The Labute approximate surface area is 119 Å². The van der Waals surface area contributed by atoms with Crippen molar-refractivity contribution in [2.75, 3.05) is 12.0 Å². The maximum atomic E-state index is 12.1. The molecule has 6 heteroatoms. The van der Waals surface area contributed by atoms with Gasteiger partial charge in [-0.05, 0) is 24.3 Å². The topological polar surface area (TPSA) is 80.8 Å². The quantitative estimate of drug-likeness (QED) is 0.758. The van der Waals surface area contributed by atoms with E-state index in [-0.39, 0.29) is 28.3 Å². The number of hydrogen-bond donors (Lipinski definition) is 0. The molecule has 6 nitrogen and oxygen atoms in total. The molecule has 0 spiro atoms. The summed E-state index contributed by atoms with van der Waals surface area (Å²) in [4.78, 5) is 48.6. The van der Waals surface area contributed by atoms with E-state index in [4.69, 9.17) is 4.74 Å². The molecule has 1 aliphatic carbocycles. The summed E-state index contributed by atoms with van der Waals surface area (Å²) in [6.07, 6.45) is 4.48. The predicted molar refractivity (Wildman–Crippen MR) is 72.4 cm³/mol. The molecule has 1 aromatic rings. The number of ether oxygens (including phenoxy) is 1. The average molecular weight is 283 g/mol. The number of imide groups is 1. The highest BCUT2D eigenvalue weighted by atomic mass is 16.5. The number of methoxy groups -OCH3 is 1. The lowest BCUT2D eigenvalue weighted by atomic mass is 9.92. The van der Waals surface area contributed by atoms with Crippen LogP contribution in [0.3, 0.4) is 0 Å². The zero-order chi connectivity index (χ0) is 15.1. The Hall–Kier alpha value is -3.02. The molecule has 0 aromatic heterocycles. The number of carbonyl (C=O) groups is 4. The lowest BCUT2D eigenvalue weighted by Crippen LogP contribution is -2.32. The van der Waals surface area contributed by atoms with Crippen LogP contribution in [0.1, 0.15) is 20.7 Å². The van der Waals surface area contributed by atoms with Gasteiger partial charge in [0.2, 0.25) is 0 Å². The Morgan fingerprint density at radius 2 is 1.48 bits per heavy atom. The molecule has 2 aliphatic rings. The van der Waals surface area contributed by atoms with E-state index in [1.807, 2.05) is 0 Å². The molecule has 1 aliphatic heterocycles. The van der Waals surface area contributed by atoms with E-state index in [1.165, 1.54) is 19.2 Å². The number of allylic oxidation sites excluding steroid dienone is 2. The minimum Gasteiger partial charge on any atom is -0.495 e. The highest BCUT2D eigenvalue weighted by Crippen LogP contribution is 2.38. The molecule has 0 unspecified atom stereocenters. The van der Waals surface area contributed by atoms with Gasteiger partial charge in [-0.2, -0.15) is 0 Å². The number of hydrogen-bond acceptors (Lipinski definition) is 5. The maximum Gasteiger partial charge on any atom is 0.258 e. The van der Waals surface area contributed by atoms with E-state index in [0.717, 1.165) is 29.2 Å². The van der Waals surface area contributed by atoms with Gasteiger partial charge in [0.25, 0.3) is 11.8 Å². The van der Waals surface area contributed by atoms with Crippen LogP contribution in [0.2, 0.25) is 0 Å². The van der Waals surface area contributed by atoms with Crippen molar-refractivity contribution < 1.29 is 23.9 Å². The van der Waals surface area contributed by atoms with Crippen molar-refractivity contribution in [3.8, 4) is 5.75 Å². The fourth-order valence-corrected chi connectivity index (χ4v) is 2.36. The van der Waals surface area contributed by atoms with E-state index in [2.05, 4.69) is 0 Å². The molecule has 0 atom stereocenters. The first-order valence-corrected chi connectivity index (χ1v) is 6.08. The SMILES string of the molecule is COc1ccc2c(c1N1C(=O)C=CC1=O)C(=O)C=CC2=O. The van der Waals surface area contributed by atoms with Crippen LogP contribution < -0.4 is 9.64 Å². The van der Waals surface area contributed by atoms with Crippen LogP contribution in [0.5, 0.6) is 5.75 Å². The number of carbonyl (C=O) groups excluding carboxylic acids is 4. The molecule has 0 radical (unpaired) electrons. The van der Waals surface area contributed by atoms with Crippen molar-refractivity contribution in [3.05, 3.63) is 47.6 Å². The van der Waals surface area contributed by atoms with Crippen molar-refractivity contribution in [3.63, 3.8) is 0 Å². The van der Waals surface area contributed by atoms with Gasteiger partial charge in [0, 0.05) is 17.7 Å². The molecule has 1 aromatic carbocycles. The third-order valence-corrected chi connectivity index (χ3v) is 3.29. The molecule has 0 bridgehead atoms. The Kier molecular flexibility index (Phi) is 2.79. The standard InChI is InChI=1S/C15H9NO5/c1-21-11-5-2-8-9(17)3-4-10(18)14(8)15(11)16-12(19)6-7-13(16)20/h2-7H,1H3. The number of benzene rings is 1. The van der Waals surface area contributed by atoms with E-state index < -0.39 is 17.6 Å². The van der Waals surface area contributed by atoms with Crippen LogP contribution in [-0.4, -0.2) is 30.5 Å². The van der Waals surface area contributed by atoms with Crippen LogP contribution in [0.15, 0.2) is 36.4 Å². The smallest absolute Gasteiger partial charge is 0.258 e. The third-order valence-electron chi connectivity index (χ3n) is 3.29. The minimum atomic E-state index is -0.582. The molecule has 0 saturated heterocycles. The number of anilines is 1. The highest BCUT2D eigenvalue weighted by Gasteiger charge is 2.34. The average Bonchev–Trinajstić information content (AvgIpc) is 2.81. The summed E-state index contributed by atoms with van der Waals surface area (Å²) >= 11 is 0. The largest absolute Gasteiger partial charge is 0.495 e. The minimum absolute atomic E-state index is 0.00671. The zero-order valence-corrected chi connectivity index (χ0v) is 11.0. The fraction of sp³-hybridized carbons (Fsp3) is 0.0667. The van der Waals surface area contributed by atoms with Gasteiger partial charge in [-0.25, -0.2) is 4.90 Å². The number of nitrogens with zero attached hydrogens (tertiary/aromatic N) is 1. The van der Waals surface area contributed by atoms with E-state index >= 15 is 0 Å². The van der Waals surface area contributed by atoms with Gasteiger partial charge in [-0.3, -0.25) is 19.2 Å². The van der Waals surface area contributed by atoms with Crippen LogP contribution in [0.25, 0.3) is 0 Å². The van der Waals surface area contributed by atoms with Crippen molar-refractivity contribution in [1.29, 1.82) is 0 Å². The second-order valence-electron chi connectivity index (χ2n) is 4.45. The van der Waals surface area contributed by atoms with Crippen molar-refractivity contribution in [2.45, 2.75) is 0 Å². The normalized spacial score (nSPS) is 16.7.